The number of anilines is 1. The Kier molecular flexibility index (Phi) is 3.91. The summed E-state index contributed by atoms with van der Waals surface area (Å²) >= 11 is 1.54. The highest BCUT2D eigenvalue weighted by atomic mass is 32.2. The number of hydrogen-bond acceptors (Lipinski definition) is 5. The highest BCUT2D eigenvalue weighted by Crippen LogP contribution is 2.29. The Morgan fingerprint density at radius 1 is 1.33 bits per heavy atom. The van der Waals surface area contributed by atoms with Gasteiger partial charge in [0.05, 0.1) is 6.26 Å². The van der Waals surface area contributed by atoms with Gasteiger partial charge in [0.25, 0.3) is 0 Å². The number of nitrogens with two attached hydrogens (primary N) is 2. The molecule has 0 fully saturated rings. The first-order chi connectivity index (χ1) is 8.72. The van der Waals surface area contributed by atoms with Crippen LogP contribution in [0.25, 0.3) is 0 Å². The molecule has 1 aromatic heterocycles. The lowest BCUT2D eigenvalue weighted by molar-refractivity contribution is 0.0925. The van der Waals surface area contributed by atoms with Crippen molar-refractivity contribution in [1.82, 2.24) is 5.43 Å². The molecule has 94 valence electrons. The Morgan fingerprint density at radius 3 is 2.83 bits per heavy atom. The molecule has 5 N–H and O–H groups in total. The van der Waals surface area contributed by atoms with Crippen LogP contribution in [0.2, 0.25) is 0 Å². The van der Waals surface area contributed by atoms with Gasteiger partial charge in [-0.05, 0) is 18.2 Å². The molecule has 18 heavy (non-hydrogen) atoms. The number of amides is 1. The molecule has 1 amide bonds. The van der Waals surface area contributed by atoms with Crippen molar-refractivity contribution in [3.05, 3.63) is 47.9 Å². The SMILES string of the molecule is NNC(=O)c1occc1CSc1ccccc1N. The lowest BCUT2D eigenvalue weighted by Crippen LogP contribution is -2.30. The van der Waals surface area contributed by atoms with E-state index < -0.39 is 5.91 Å². The number of para-hydroxylation sites is 1. The van der Waals surface area contributed by atoms with Crippen molar-refractivity contribution < 1.29 is 9.21 Å². The summed E-state index contributed by atoms with van der Waals surface area (Å²) in [4.78, 5) is 12.4. The number of rotatable bonds is 4. The van der Waals surface area contributed by atoms with Crippen molar-refractivity contribution >= 4 is 23.4 Å². The van der Waals surface area contributed by atoms with Gasteiger partial charge in [0, 0.05) is 21.9 Å². The van der Waals surface area contributed by atoms with Crippen LogP contribution in [0.1, 0.15) is 16.1 Å². The van der Waals surface area contributed by atoms with Crippen molar-refractivity contribution in [2.45, 2.75) is 10.6 Å². The van der Waals surface area contributed by atoms with Crippen LogP contribution in [0, 0.1) is 0 Å². The van der Waals surface area contributed by atoms with E-state index in [1.165, 1.54) is 6.26 Å². The summed E-state index contributed by atoms with van der Waals surface area (Å²) in [5, 5.41) is 0. The van der Waals surface area contributed by atoms with Crippen LogP contribution in [-0.4, -0.2) is 5.91 Å². The van der Waals surface area contributed by atoms with Crippen LogP contribution in [0.3, 0.4) is 0 Å². The number of carbonyl (C=O) groups excluding carboxylic acids is 1. The second-order valence-corrected chi connectivity index (χ2v) is 4.59. The molecule has 0 bridgehead atoms. The van der Waals surface area contributed by atoms with Crippen molar-refractivity contribution in [3.63, 3.8) is 0 Å². The molecule has 0 unspecified atom stereocenters. The Balaban J connectivity index is 2.09. The van der Waals surface area contributed by atoms with Crippen molar-refractivity contribution in [2.24, 2.45) is 5.84 Å². The number of hydrazine groups is 1. The molecule has 0 aliphatic carbocycles. The maximum atomic E-state index is 11.4. The van der Waals surface area contributed by atoms with E-state index in [-0.39, 0.29) is 5.76 Å². The van der Waals surface area contributed by atoms with E-state index in [9.17, 15) is 4.79 Å². The van der Waals surface area contributed by atoms with Gasteiger partial charge in [0.2, 0.25) is 0 Å². The van der Waals surface area contributed by atoms with Crippen LogP contribution in [0.15, 0.2) is 45.9 Å². The average Bonchev–Trinajstić information content (AvgIpc) is 2.85. The Labute approximate surface area is 108 Å². The maximum absolute atomic E-state index is 11.4. The third-order valence-corrected chi connectivity index (χ3v) is 3.52. The number of nitrogens with one attached hydrogen (secondary N) is 1. The predicted octanol–water partition coefficient (Wildman–Crippen LogP) is 1.76. The zero-order chi connectivity index (χ0) is 13.0. The monoisotopic (exact) mass is 263 g/mol. The number of carbonyl (C=O) groups is 1. The van der Waals surface area contributed by atoms with Crippen LogP contribution < -0.4 is 17.0 Å². The molecule has 2 aromatic rings. The molecular formula is C12H13N3O2S. The van der Waals surface area contributed by atoms with E-state index in [0.717, 1.165) is 16.1 Å². The van der Waals surface area contributed by atoms with Gasteiger partial charge in [-0.3, -0.25) is 10.2 Å². The fraction of sp³-hybridized carbons (Fsp3) is 0.0833. The summed E-state index contributed by atoms with van der Waals surface area (Å²) in [6, 6.07) is 9.32. The normalized spacial score (nSPS) is 10.3. The number of thioether (sulfide) groups is 1. The molecule has 0 atom stereocenters. The molecule has 0 radical (unpaired) electrons. The van der Waals surface area contributed by atoms with Crippen molar-refractivity contribution in [2.75, 3.05) is 5.73 Å². The van der Waals surface area contributed by atoms with Crippen molar-refractivity contribution in [3.8, 4) is 0 Å². The first-order valence-corrected chi connectivity index (χ1v) is 6.25. The average molecular weight is 263 g/mol. The zero-order valence-corrected chi connectivity index (χ0v) is 10.4. The van der Waals surface area contributed by atoms with E-state index in [4.69, 9.17) is 16.0 Å². The topological polar surface area (TPSA) is 94.3 Å². The minimum Gasteiger partial charge on any atom is -0.459 e. The van der Waals surface area contributed by atoms with Gasteiger partial charge in [-0.1, -0.05) is 12.1 Å². The van der Waals surface area contributed by atoms with Gasteiger partial charge in [-0.25, -0.2) is 5.84 Å². The maximum Gasteiger partial charge on any atom is 0.301 e. The largest absolute Gasteiger partial charge is 0.459 e. The van der Waals surface area contributed by atoms with Gasteiger partial charge < -0.3 is 10.2 Å². The first kappa shape index (κ1) is 12.5. The van der Waals surface area contributed by atoms with E-state index in [1.807, 2.05) is 24.3 Å². The molecule has 6 heteroatoms. The standard InChI is InChI=1S/C12H13N3O2S/c13-9-3-1-2-4-10(9)18-7-8-5-6-17-11(8)12(16)15-14/h1-6H,7,13-14H2,(H,15,16). The third-order valence-electron chi connectivity index (χ3n) is 2.39. The quantitative estimate of drug-likeness (QED) is 0.257. The summed E-state index contributed by atoms with van der Waals surface area (Å²) in [5.74, 6) is 5.47. The van der Waals surface area contributed by atoms with Crippen molar-refractivity contribution in [1.29, 1.82) is 0 Å². The van der Waals surface area contributed by atoms with Gasteiger partial charge in [0.1, 0.15) is 0 Å². The lowest BCUT2D eigenvalue weighted by Gasteiger charge is -2.04. The number of nitrogen functional groups attached to an aromatic ring is 2. The van der Waals surface area contributed by atoms with Gasteiger partial charge in [-0.2, -0.15) is 0 Å². The molecule has 0 aliphatic rings. The summed E-state index contributed by atoms with van der Waals surface area (Å²) < 4.78 is 5.10. The number of benzene rings is 1. The predicted molar refractivity (Wildman–Crippen MR) is 70.8 cm³/mol. The molecule has 2 rings (SSSR count). The van der Waals surface area contributed by atoms with Gasteiger partial charge >= 0.3 is 5.91 Å². The molecule has 0 saturated carbocycles. The fourth-order valence-corrected chi connectivity index (χ4v) is 2.43. The van der Waals surface area contributed by atoms with Gasteiger partial charge in [0.15, 0.2) is 5.76 Å². The Hall–Kier alpha value is -1.92. The zero-order valence-electron chi connectivity index (χ0n) is 9.55. The second kappa shape index (κ2) is 5.61. The van der Waals surface area contributed by atoms with E-state index in [0.29, 0.717) is 5.75 Å². The lowest BCUT2D eigenvalue weighted by atomic mass is 10.3. The van der Waals surface area contributed by atoms with Crippen LogP contribution in [0.5, 0.6) is 0 Å². The summed E-state index contributed by atoms with van der Waals surface area (Å²) in [5.41, 5.74) is 9.39. The molecule has 1 heterocycles. The molecule has 5 nitrogen and oxygen atoms in total. The molecule has 1 aromatic carbocycles. The molecule has 0 saturated heterocycles. The van der Waals surface area contributed by atoms with E-state index in [2.05, 4.69) is 5.43 Å². The Morgan fingerprint density at radius 2 is 2.11 bits per heavy atom. The summed E-state index contributed by atoms with van der Waals surface area (Å²) in [6.07, 6.45) is 1.47. The number of furan rings is 1. The third kappa shape index (κ3) is 2.66. The summed E-state index contributed by atoms with van der Waals surface area (Å²) in [6.45, 7) is 0. The highest BCUT2D eigenvalue weighted by molar-refractivity contribution is 7.98. The van der Waals surface area contributed by atoms with E-state index >= 15 is 0 Å². The molecule has 0 aliphatic heterocycles. The van der Waals surface area contributed by atoms with E-state index in [1.54, 1.807) is 17.8 Å². The second-order valence-electron chi connectivity index (χ2n) is 3.57. The summed E-state index contributed by atoms with van der Waals surface area (Å²) in [7, 11) is 0. The fourth-order valence-electron chi connectivity index (χ4n) is 1.48. The molecular weight excluding hydrogens is 250 g/mol. The molecule has 0 spiro atoms. The minimum absolute atomic E-state index is 0.236. The van der Waals surface area contributed by atoms with Crippen LogP contribution >= 0.6 is 11.8 Å². The smallest absolute Gasteiger partial charge is 0.301 e. The van der Waals surface area contributed by atoms with Crippen LogP contribution in [0.4, 0.5) is 5.69 Å². The first-order valence-electron chi connectivity index (χ1n) is 5.27. The van der Waals surface area contributed by atoms with Gasteiger partial charge in [-0.15, -0.1) is 11.8 Å². The minimum atomic E-state index is -0.434. The Bertz CT molecular complexity index is 554. The van der Waals surface area contributed by atoms with Crippen LogP contribution in [-0.2, 0) is 5.75 Å². The highest BCUT2D eigenvalue weighted by Gasteiger charge is 2.14. The number of hydrogen-bond donors (Lipinski definition) is 3.